The van der Waals surface area contributed by atoms with E-state index in [0.29, 0.717) is 5.92 Å². The van der Waals surface area contributed by atoms with Crippen molar-refractivity contribution in [1.29, 1.82) is 0 Å². The standard InChI is InChI=1S/C9H13N3S/c1-13-5-8-11-4-7(10)9(12-8)6-2-3-6/h4,6H,2-3,5,10H2,1H3. The van der Waals surface area contributed by atoms with Crippen LogP contribution in [0.2, 0.25) is 0 Å². The van der Waals surface area contributed by atoms with Gasteiger partial charge in [0.2, 0.25) is 0 Å². The number of aromatic nitrogens is 2. The summed E-state index contributed by atoms with van der Waals surface area (Å²) in [6.45, 7) is 0. The molecule has 70 valence electrons. The van der Waals surface area contributed by atoms with Crippen LogP contribution in [0.3, 0.4) is 0 Å². The summed E-state index contributed by atoms with van der Waals surface area (Å²) in [5.41, 5.74) is 7.62. The minimum atomic E-state index is 0.614. The van der Waals surface area contributed by atoms with Gasteiger partial charge in [-0.05, 0) is 19.1 Å². The summed E-state index contributed by atoms with van der Waals surface area (Å²) in [5.74, 6) is 2.40. The van der Waals surface area contributed by atoms with Crippen LogP contribution in [0.25, 0.3) is 0 Å². The molecule has 1 fully saturated rings. The Bertz CT molecular complexity index is 310. The van der Waals surface area contributed by atoms with Gasteiger partial charge >= 0.3 is 0 Å². The molecule has 2 rings (SSSR count). The average Bonchev–Trinajstić information content (AvgIpc) is 2.92. The van der Waals surface area contributed by atoms with E-state index < -0.39 is 0 Å². The molecule has 1 aliphatic carbocycles. The van der Waals surface area contributed by atoms with Gasteiger partial charge in [0.1, 0.15) is 5.82 Å². The molecule has 0 radical (unpaired) electrons. The second-order valence-corrected chi connectivity index (χ2v) is 4.20. The summed E-state index contributed by atoms with van der Waals surface area (Å²) in [6.07, 6.45) is 6.27. The molecule has 0 atom stereocenters. The van der Waals surface area contributed by atoms with Gasteiger partial charge in [0.05, 0.1) is 23.3 Å². The van der Waals surface area contributed by atoms with Crippen LogP contribution in [0.5, 0.6) is 0 Å². The van der Waals surface area contributed by atoms with Crippen molar-refractivity contribution >= 4 is 17.4 Å². The monoisotopic (exact) mass is 195 g/mol. The minimum absolute atomic E-state index is 0.614. The Hall–Kier alpha value is -0.770. The summed E-state index contributed by atoms with van der Waals surface area (Å²) in [7, 11) is 0. The van der Waals surface area contributed by atoms with Crippen LogP contribution in [-0.2, 0) is 5.75 Å². The number of nitrogens with two attached hydrogens (primary N) is 1. The first-order valence-corrected chi connectivity index (χ1v) is 5.81. The van der Waals surface area contributed by atoms with Crippen molar-refractivity contribution in [2.45, 2.75) is 24.5 Å². The van der Waals surface area contributed by atoms with Gasteiger partial charge in [-0.2, -0.15) is 11.8 Å². The van der Waals surface area contributed by atoms with Crippen molar-refractivity contribution in [2.75, 3.05) is 12.0 Å². The summed E-state index contributed by atoms with van der Waals surface area (Å²) in [6, 6.07) is 0. The molecule has 1 aromatic rings. The van der Waals surface area contributed by atoms with E-state index in [1.807, 2.05) is 0 Å². The van der Waals surface area contributed by atoms with E-state index in [-0.39, 0.29) is 0 Å². The highest BCUT2D eigenvalue weighted by molar-refractivity contribution is 7.97. The van der Waals surface area contributed by atoms with E-state index in [4.69, 9.17) is 5.73 Å². The Balaban J connectivity index is 2.25. The highest BCUT2D eigenvalue weighted by Gasteiger charge is 2.27. The maximum atomic E-state index is 5.79. The second kappa shape index (κ2) is 3.54. The number of hydrogen-bond acceptors (Lipinski definition) is 4. The maximum absolute atomic E-state index is 5.79. The maximum Gasteiger partial charge on any atom is 0.138 e. The van der Waals surface area contributed by atoms with Crippen LogP contribution >= 0.6 is 11.8 Å². The van der Waals surface area contributed by atoms with Crippen LogP contribution in [0.1, 0.15) is 30.3 Å². The van der Waals surface area contributed by atoms with Crippen LogP contribution in [-0.4, -0.2) is 16.2 Å². The first-order chi connectivity index (χ1) is 6.31. The molecule has 0 aromatic carbocycles. The van der Waals surface area contributed by atoms with Gasteiger partial charge in [0.15, 0.2) is 0 Å². The zero-order valence-electron chi connectivity index (χ0n) is 7.66. The number of anilines is 1. The molecule has 0 spiro atoms. The highest BCUT2D eigenvalue weighted by atomic mass is 32.2. The Morgan fingerprint density at radius 1 is 1.62 bits per heavy atom. The summed E-state index contributed by atoms with van der Waals surface area (Å²) in [5, 5.41) is 0. The smallest absolute Gasteiger partial charge is 0.138 e. The Labute approximate surface area is 82.2 Å². The van der Waals surface area contributed by atoms with Crippen LogP contribution in [0, 0.1) is 0 Å². The summed E-state index contributed by atoms with van der Waals surface area (Å²) in [4.78, 5) is 8.65. The van der Waals surface area contributed by atoms with Gasteiger partial charge in [0.25, 0.3) is 0 Å². The molecule has 1 heterocycles. The van der Waals surface area contributed by atoms with E-state index in [9.17, 15) is 0 Å². The summed E-state index contributed by atoms with van der Waals surface area (Å²) >= 11 is 1.74. The SMILES string of the molecule is CSCc1ncc(N)c(C2CC2)n1. The molecule has 0 amide bonds. The topological polar surface area (TPSA) is 51.8 Å². The number of hydrogen-bond donors (Lipinski definition) is 1. The highest BCUT2D eigenvalue weighted by Crippen LogP contribution is 2.41. The lowest BCUT2D eigenvalue weighted by molar-refractivity contribution is 0.938. The van der Waals surface area contributed by atoms with Crippen molar-refractivity contribution < 1.29 is 0 Å². The predicted octanol–water partition coefficient (Wildman–Crippen LogP) is 1.80. The van der Waals surface area contributed by atoms with E-state index in [2.05, 4.69) is 16.2 Å². The molecule has 1 aliphatic rings. The first kappa shape index (κ1) is 8.81. The zero-order valence-corrected chi connectivity index (χ0v) is 8.47. The quantitative estimate of drug-likeness (QED) is 0.799. The third kappa shape index (κ3) is 1.94. The molecule has 1 saturated carbocycles. The number of rotatable bonds is 3. The fourth-order valence-electron chi connectivity index (χ4n) is 1.33. The normalized spacial score (nSPS) is 16.1. The molecule has 0 bridgehead atoms. The van der Waals surface area contributed by atoms with Crippen molar-refractivity contribution in [2.24, 2.45) is 0 Å². The number of nitrogens with zero attached hydrogens (tertiary/aromatic N) is 2. The fraction of sp³-hybridized carbons (Fsp3) is 0.556. The molecule has 1 aromatic heterocycles. The third-order valence-electron chi connectivity index (χ3n) is 2.14. The van der Waals surface area contributed by atoms with E-state index in [1.165, 1.54) is 12.8 Å². The Morgan fingerprint density at radius 2 is 2.38 bits per heavy atom. The lowest BCUT2D eigenvalue weighted by Gasteiger charge is -2.04. The van der Waals surface area contributed by atoms with Gasteiger partial charge in [-0.3, -0.25) is 0 Å². The second-order valence-electron chi connectivity index (χ2n) is 3.33. The Kier molecular flexibility index (Phi) is 2.40. The van der Waals surface area contributed by atoms with Gasteiger partial charge in [-0.1, -0.05) is 0 Å². The fourth-order valence-corrected chi connectivity index (χ4v) is 1.72. The molecule has 0 aliphatic heterocycles. The van der Waals surface area contributed by atoms with E-state index in [0.717, 1.165) is 23.0 Å². The van der Waals surface area contributed by atoms with Crippen LogP contribution in [0.4, 0.5) is 5.69 Å². The van der Waals surface area contributed by atoms with Crippen LogP contribution < -0.4 is 5.73 Å². The molecule has 0 saturated heterocycles. The molecular weight excluding hydrogens is 182 g/mol. The molecule has 0 unspecified atom stereocenters. The Morgan fingerprint density at radius 3 is 3.00 bits per heavy atom. The molecular formula is C9H13N3S. The van der Waals surface area contributed by atoms with Crippen molar-refractivity contribution in [3.05, 3.63) is 17.7 Å². The number of nitrogen functional groups attached to an aromatic ring is 1. The van der Waals surface area contributed by atoms with Crippen LogP contribution in [0.15, 0.2) is 6.20 Å². The van der Waals surface area contributed by atoms with Gasteiger partial charge in [-0.15, -0.1) is 0 Å². The van der Waals surface area contributed by atoms with Crippen molar-refractivity contribution in [1.82, 2.24) is 9.97 Å². The molecule has 2 N–H and O–H groups in total. The van der Waals surface area contributed by atoms with E-state index in [1.54, 1.807) is 18.0 Å². The van der Waals surface area contributed by atoms with E-state index >= 15 is 0 Å². The third-order valence-corrected chi connectivity index (χ3v) is 2.68. The predicted molar refractivity (Wildman–Crippen MR) is 55.6 cm³/mol. The zero-order chi connectivity index (χ0) is 9.26. The summed E-state index contributed by atoms with van der Waals surface area (Å²) < 4.78 is 0. The molecule has 4 heteroatoms. The lowest BCUT2D eigenvalue weighted by Crippen LogP contribution is -2.02. The minimum Gasteiger partial charge on any atom is -0.396 e. The first-order valence-electron chi connectivity index (χ1n) is 4.41. The van der Waals surface area contributed by atoms with Gasteiger partial charge in [-0.25, -0.2) is 9.97 Å². The molecule has 3 nitrogen and oxygen atoms in total. The average molecular weight is 195 g/mol. The molecule has 13 heavy (non-hydrogen) atoms. The lowest BCUT2D eigenvalue weighted by atomic mass is 10.2. The van der Waals surface area contributed by atoms with Gasteiger partial charge < -0.3 is 5.73 Å². The number of thioether (sulfide) groups is 1. The van der Waals surface area contributed by atoms with Gasteiger partial charge in [0, 0.05) is 5.92 Å². The largest absolute Gasteiger partial charge is 0.396 e. The van der Waals surface area contributed by atoms with Crippen molar-refractivity contribution in [3.63, 3.8) is 0 Å². The van der Waals surface area contributed by atoms with Crippen molar-refractivity contribution in [3.8, 4) is 0 Å².